The van der Waals surface area contributed by atoms with Crippen molar-refractivity contribution in [3.8, 4) is 0 Å². The molecule has 0 heterocycles. The van der Waals surface area contributed by atoms with Crippen molar-refractivity contribution >= 4 is 44.3 Å². The molecule has 1 rings (SSSR count). The highest BCUT2D eigenvalue weighted by Crippen LogP contribution is 2.20. The Labute approximate surface area is 126 Å². The molecule has 0 spiro atoms. The highest BCUT2D eigenvalue weighted by molar-refractivity contribution is 14.1. The highest BCUT2D eigenvalue weighted by atomic mass is 127. The minimum absolute atomic E-state index is 0.0181. The van der Waals surface area contributed by atoms with Gasteiger partial charge in [0.1, 0.15) is 0 Å². The summed E-state index contributed by atoms with van der Waals surface area (Å²) in [6, 6.07) is 4.56. The topological polar surface area (TPSA) is 83.5 Å². The molecule has 0 atom stereocenters. The number of carboxylic acid groups (broad SMARTS) is 1. The van der Waals surface area contributed by atoms with Gasteiger partial charge in [0.15, 0.2) is 0 Å². The van der Waals surface area contributed by atoms with Gasteiger partial charge in [0.05, 0.1) is 17.0 Å². The number of carboxylic acids is 1. The Morgan fingerprint density at radius 2 is 2.05 bits per heavy atom. The fourth-order valence-corrected chi connectivity index (χ4v) is 3.28. The van der Waals surface area contributed by atoms with E-state index >= 15 is 0 Å². The van der Waals surface area contributed by atoms with Crippen molar-refractivity contribution in [3.05, 3.63) is 27.3 Å². The lowest BCUT2D eigenvalue weighted by Gasteiger charge is -2.11. The molecule has 0 aliphatic heterocycles. The highest BCUT2D eigenvalue weighted by Gasteiger charge is 2.17. The Kier molecular flexibility index (Phi) is 5.60. The van der Waals surface area contributed by atoms with Gasteiger partial charge in [-0.3, -0.25) is 4.72 Å². The van der Waals surface area contributed by atoms with Crippen LogP contribution in [0.3, 0.4) is 0 Å². The van der Waals surface area contributed by atoms with Crippen molar-refractivity contribution in [2.45, 2.75) is 20.3 Å². The molecule has 0 saturated heterocycles. The predicted molar refractivity (Wildman–Crippen MR) is 83.0 cm³/mol. The van der Waals surface area contributed by atoms with Crippen LogP contribution in [0, 0.1) is 9.49 Å². The van der Waals surface area contributed by atoms with Gasteiger partial charge in [0, 0.05) is 3.57 Å². The fraction of sp³-hybridized carbons (Fsp3) is 0.417. The van der Waals surface area contributed by atoms with Gasteiger partial charge in [0.2, 0.25) is 10.0 Å². The molecule has 0 unspecified atom stereocenters. The van der Waals surface area contributed by atoms with Crippen LogP contribution in [0.1, 0.15) is 30.6 Å². The Balaban J connectivity index is 2.96. The summed E-state index contributed by atoms with van der Waals surface area (Å²) < 4.78 is 26.8. The van der Waals surface area contributed by atoms with Crippen LogP contribution in [0.4, 0.5) is 5.69 Å². The lowest BCUT2D eigenvalue weighted by Crippen LogP contribution is -2.19. The first kappa shape index (κ1) is 16.2. The maximum Gasteiger partial charge on any atom is 0.337 e. The molecule has 1 aromatic carbocycles. The van der Waals surface area contributed by atoms with Gasteiger partial charge in [-0.05, 0) is 53.1 Å². The number of nitrogens with one attached hydrogen (secondary N) is 1. The zero-order chi connectivity index (χ0) is 14.6. The van der Waals surface area contributed by atoms with Crippen LogP contribution < -0.4 is 4.72 Å². The largest absolute Gasteiger partial charge is 0.478 e. The Bertz CT molecular complexity index is 569. The van der Waals surface area contributed by atoms with Gasteiger partial charge in [-0.15, -0.1) is 0 Å². The monoisotopic (exact) mass is 397 g/mol. The van der Waals surface area contributed by atoms with Gasteiger partial charge in [-0.1, -0.05) is 13.8 Å². The average molecular weight is 397 g/mol. The molecule has 2 N–H and O–H groups in total. The summed E-state index contributed by atoms with van der Waals surface area (Å²) >= 11 is 1.98. The second-order valence-corrected chi connectivity index (χ2v) is 7.69. The van der Waals surface area contributed by atoms with Crippen LogP contribution in [0.2, 0.25) is 0 Å². The van der Waals surface area contributed by atoms with Crippen LogP contribution in [-0.4, -0.2) is 25.2 Å². The summed E-state index contributed by atoms with van der Waals surface area (Å²) in [7, 11) is -3.51. The number of hydrogen-bond acceptors (Lipinski definition) is 3. The second kappa shape index (κ2) is 6.56. The standard InChI is InChI=1S/C12H16INO4S/c1-8(2)5-6-19(17,18)14-11-4-3-9(13)7-10(11)12(15)16/h3-4,7-8,14H,5-6H2,1-2H3,(H,15,16). The Morgan fingerprint density at radius 3 is 2.58 bits per heavy atom. The lowest BCUT2D eigenvalue weighted by atomic mass is 10.2. The summed E-state index contributed by atoms with van der Waals surface area (Å²) in [4.78, 5) is 11.1. The van der Waals surface area contributed by atoms with Crippen LogP contribution in [-0.2, 0) is 10.0 Å². The Hall–Kier alpha value is -0.830. The molecule has 0 bridgehead atoms. The zero-order valence-corrected chi connectivity index (χ0v) is 13.7. The molecule has 19 heavy (non-hydrogen) atoms. The molecular formula is C12H16INO4S. The summed E-state index contributed by atoms with van der Waals surface area (Å²) in [5, 5.41) is 9.07. The minimum atomic E-state index is -3.51. The van der Waals surface area contributed by atoms with Crippen LogP contribution in [0.15, 0.2) is 18.2 Å². The summed E-state index contributed by atoms with van der Waals surface area (Å²) in [5.41, 5.74) is 0.0664. The smallest absolute Gasteiger partial charge is 0.337 e. The fourth-order valence-electron chi connectivity index (χ4n) is 1.39. The quantitative estimate of drug-likeness (QED) is 0.724. The van der Waals surface area contributed by atoms with E-state index in [0.717, 1.165) is 3.57 Å². The molecule has 1 aromatic rings. The lowest BCUT2D eigenvalue weighted by molar-refractivity contribution is 0.0698. The third-order valence-corrected chi connectivity index (χ3v) is 4.42. The van der Waals surface area contributed by atoms with Crippen molar-refractivity contribution in [1.82, 2.24) is 0 Å². The average Bonchev–Trinajstić information content (AvgIpc) is 2.28. The van der Waals surface area contributed by atoms with E-state index in [-0.39, 0.29) is 22.9 Å². The number of carbonyl (C=O) groups is 1. The minimum Gasteiger partial charge on any atom is -0.478 e. The van der Waals surface area contributed by atoms with Crippen molar-refractivity contribution in [3.63, 3.8) is 0 Å². The molecule has 0 aliphatic rings. The first-order chi connectivity index (χ1) is 8.71. The molecule has 0 fully saturated rings. The van der Waals surface area contributed by atoms with Gasteiger partial charge in [-0.25, -0.2) is 13.2 Å². The zero-order valence-electron chi connectivity index (χ0n) is 10.7. The number of anilines is 1. The van der Waals surface area contributed by atoms with Crippen LogP contribution >= 0.6 is 22.6 Å². The van der Waals surface area contributed by atoms with E-state index < -0.39 is 16.0 Å². The Morgan fingerprint density at radius 1 is 1.42 bits per heavy atom. The molecule has 7 heteroatoms. The first-order valence-corrected chi connectivity index (χ1v) is 8.47. The van der Waals surface area contributed by atoms with Crippen LogP contribution in [0.5, 0.6) is 0 Å². The molecular weight excluding hydrogens is 381 g/mol. The van der Waals surface area contributed by atoms with E-state index in [1.807, 2.05) is 36.4 Å². The van der Waals surface area contributed by atoms with E-state index in [1.165, 1.54) is 12.1 Å². The van der Waals surface area contributed by atoms with Crippen molar-refractivity contribution < 1.29 is 18.3 Å². The number of halogens is 1. The van der Waals surface area contributed by atoms with E-state index in [1.54, 1.807) is 6.07 Å². The summed E-state index contributed by atoms with van der Waals surface area (Å²) in [6.07, 6.45) is 0.530. The van der Waals surface area contributed by atoms with E-state index in [4.69, 9.17) is 5.11 Å². The van der Waals surface area contributed by atoms with Crippen LogP contribution in [0.25, 0.3) is 0 Å². The van der Waals surface area contributed by atoms with Gasteiger partial charge < -0.3 is 5.11 Å². The third kappa shape index (κ3) is 5.35. The summed E-state index contributed by atoms with van der Waals surface area (Å²) in [6.45, 7) is 3.87. The SMILES string of the molecule is CC(C)CCS(=O)(=O)Nc1ccc(I)cc1C(=O)O. The van der Waals surface area contributed by atoms with E-state index in [9.17, 15) is 13.2 Å². The normalized spacial score (nSPS) is 11.6. The maximum atomic E-state index is 11.9. The van der Waals surface area contributed by atoms with Gasteiger partial charge >= 0.3 is 5.97 Å². The number of aromatic carboxylic acids is 1. The van der Waals surface area contributed by atoms with Crippen molar-refractivity contribution in [2.75, 3.05) is 10.5 Å². The number of rotatable bonds is 6. The number of sulfonamides is 1. The number of hydrogen-bond donors (Lipinski definition) is 2. The van der Waals surface area contributed by atoms with Crippen molar-refractivity contribution in [2.24, 2.45) is 5.92 Å². The molecule has 0 aliphatic carbocycles. The first-order valence-electron chi connectivity index (χ1n) is 5.74. The molecule has 0 saturated carbocycles. The molecule has 0 amide bonds. The molecule has 0 radical (unpaired) electrons. The van der Waals surface area contributed by atoms with E-state index in [0.29, 0.717) is 6.42 Å². The third-order valence-electron chi connectivity index (χ3n) is 2.44. The summed E-state index contributed by atoms with van der Waals surface area (Å²) in [5.74, 6) is -0.900. The second-order valence-electron chi connectivity index (χ2n) is 4.60. The molecule has 0 aromatic heterocycles. The molecule has 106 valence electrons. The molecule has 5 nitrogen and oxygen atoms in total. The maximum absolute atomic E-state index is 11.9. The van der Waals surface area contributed by atoms with Gasteiger partial charge in [-0.2, -0.15) is 0 Å². The van der Waals surface area contributed by atoms with Crippen molar-refractivity contribution in [1.29, 1.82) is 0 Å². The predicted octanol–water partition coefficient (Wildman–Crippen LogP) is 2.78. The van der Waals surface area contributed by atoms with Gasteiger partial charge in [0.25, 0.3) is 0 Å². The van der Waals surface area contributed by atoms with E-state index in [2.05, 4.69) is 4.72 Å². The number of benzene rings is 1.